The third-order valence-electron chi connectivity index (χ3n) is 5.17. The molecule has 0 atom stereocenters. The fourth-order valence-corrected chi connectivity index (χ4v) is 4.60. The molecule has 3 rings (SSSR count). The van der Waals surface area contributed by atoms with E-state index in [4.69, 9.17) is 18.9 Å². The Balaban J connectivity index is 2.14. The molecule has 0 radical (unpaired) electrons. The van der Waals surface area contributed by atoms with E-state index in [1.165, 1.54) is 22.5 Å². The first-order valence-electron chi connectivity index (χ1n) is 11.2. The number of aryl methyl sites for hydroxylation is 2. The molecule has 2 aromatic carbocycles. The van der Waals surface area contributed by atoms with E-state index in [1.54, 1.807) is 19.2 Å². The standard InChI is InChI=1S/C25H32N2O5S/c1-7-30-20-14-18(15-21(31-8-2)23(20)32-9-3)24(28)26-25-27(10-11-29-6)19-12-16(4)17(5)13-22(19)33-25/h12-15H,7-11H2,1-6H3. The Labute approximate surface area is 198 Å². The van der Waals surface area contributed by atoms with Crippen LogP contribution in [-0.4, -0.2) is 44.0 Å². The Hall–Kier alpha value is -2.84. The zero-order valence-corrected chi connectivity index (χ0v) is 21.0. The van der Waals surface area contributed by atoms with Crippen molar-refractivity contribution in [1.29, 1.82) is 0 Å². The van der Waals surface area contributed by atoms with Crippen LogP contribution in [0.25, 0.3) is 10.2 Å². The summed E-state index contributed by atoms with van der Waals surface area (Å²) in [6.07, 6.45) is 0. The van der Waals surface area contributed by atoms with Crippen LogP contribution < -0.4 is 19.0 Å². The third-order valence-corrected chi connectivity index (χ3v) is 6.21. The van der Waals surface area contributed by atoms with E-state index in [0.29, 0.717) is 60.6 Å². The summed E-state index contributed by atoms with van der Waals surface area (Å²) in [5, 5.41) is 0. The number of rotatable bonds is 10. The minimum Gasteiger partial charge on any atom is -0.490 e. The van der Waals surface area contributed by atoms with E-state index in [1.807, 2.05) is 25.3 Å². The summed E-state index contributed by atoms with van der Waals surface area (Å²) in [6.45, 7) is 12.3. The molecule has 1 amide bonds. The highest BCUT2D eigenvalue weighted by molar-refractivity contribution is 7.16. The largest absolute Gasteiger partial charge is 0.490 e. The van der Waals surface area contributed by atoms with E-state index >= 15 is 0 Å². The lowest BCUT2D eigenvalue weighted by Gasteiger charge is -2.16. The molecule has 0 aliphatic carbocycles. The van der Waals surface area contributed by atoms with Crippen molar-refractivity contribution in [1.82, 2.24) is 4.57 Å². The van der Waals surface area contributed by atoms with Gasteiger partial charge in [0.1, 0.15) is 0 Å². The van der Waals surface area contributed by atoms with Gasteiger partial charge in [-0.1, -0.05) is 11.3 Å². The Morgan fingerprint density at radius 2 is 1.55 bits per heavy atom. The lowest BCUT2D eigenvalue weighted by molar-refractivity contribution is 0.0996. The van der Waals surface area contributed by atoms with Crippen LogP contribution >= 0.6 is 11.3 Å². The molecule has 0 fully saturated rings. The fourth-order valence-electron chi connectivity index (χ4n) is 3.47. The van der Waals surface area contributed by atoms with Gasteiger partial charge in [-0.15, -0.1) is 0 Å². The number of hydrogen-bond acceptors (Lipinski definition) is 6. The smallest absolute Gasteiger partial charge is 0.279 e. The van der Waals surface area contributed by atoms with Gasteiger partial charge in [0.05, 0.1) is 36.6 Å². The molecule has 1 aromatic heterocycles. The molecule has 0 aliphatic heterocycles. The van der Waals surface area contributed by atoms with Crippen LogP contribution in [0.4, 0.5) is 0 Å². The van der Waals surface area contributed by atoms with E-state index < -0.39 is 0 Å². The Morgan fingerprint density at radius 3 is 2.12 bits per heavy atom. The predicted octanol–water partition coefficient (Wildman–Crippen LogP) is 4.90. The first-order chi connectivity index (χ1) is 15.9. The quantitative estimate of drug-likeness (QED) is 0.420. The maximum absolute atomic E-state index is 13.3. The molecule has 178 valence electrons. The number of hydrogen-bond donors (Lipinski definition) is 0. The van der Waals surface area contributed by atoms with Crippen molar-refractivity contribution < 1.29 is 23.7 Å². The molecule has 0 saturated carbocycles. The van der Waals surface area contributed by atoms with Crippen LogP contribution in [-0.2, 0) is 11.3 Å². The normalized spacial score (nSPS) is 11.8. The van der Waals surface area contributed by atoms with Gasteiger partial charge in [0.25, 0.3) is 5.91 Å². The second kappa shape index (κ2) is 11.3. The van der Waals surface area contributed by atoms with Crippen molar-refractivity contribution >= 4 is 27.5 Å². The van der Waals surface area contributed by atoms with Gasteiger partial charge in [-0.3, -0.25) is 4.79 Å². The average Bonchev–Trinajstić information content (AvgIpc) is 3.10. The molecular weight excluding hydrogens is 440 g/mol. The van der Waals surface area contributed by atoms with Gasteiger partial charge in [-0.05, 0) is 70.0 Å². The van der Waals surface area contributed by atoms with Gasteiger partial charge >= 0.3 is 0 Å². The van der Waals surface area contributed by atoms with Crippen LogP contribution in [0.3, 0.4) is 0 Å². The molecule has 0 aliphatic rings. The van der Waals surface area contributed by atoms with Crippen molar-refractivity contribution in [3.8, 4) is 17.2 Å². The summed E-state index contributed by atoms with van der Waals surface area (Å²) < 4.78 is 25.7. The average molecular weight is 473 g/mol. The number of carbonyl (C=O) groups excluding carboxylic acids is 1. The molecule has 0 unspecified atom stereocenters. The molecule has 0 spiro atoms. The van der Waals surface area contributed by atoms with Gasteiger partial charge in [0.15, 0.2) is 16.3 Å². The summed E-state index contributed by atoms with van der Waals surface area (Å²) in [5.74, 6) is 1.07. The highest BCUT2D eigenvalue weighted by Gasteiger charge is 2.19. The highest BCUT2D eigenvalue weighted by Crippen LogP contribution is 2.39. The molecule has 1 heterocycles. The van der Waals surface area contributed by atoms with Crippen molar-refractivity contribution in [3.63, 3.8) is 0 Å². The number of amides is 1. The summed E-state index contributed by atoms with van der Waals surface area (Å²) in [4.78, 5) is 18.4. The molecule has 0 saturated heterocycles. The van der Waals surface area contributed by atoms with Crippen molar-refractivity contribution in [2.45, 2.75) is 41.2 Å². The number of methoxy groups -OCH3 is 1. The van der Waals surface area contributed by atoms with Gasteiger partial charge in [0.2, 0.25) is 5.75 Å². The van der Waals surface area contributed by atoms with Crippen LogP contribution in [0.2, 0.25) is 0 Å². The number of ether oxygens (including phenoxy) is 4. The minimum atomic E-state index is -0.369. The van der Waals surface area contributed by atoms with E-state index in [2.05, 4.69) is 31.0 Å². The number of thiazole rings is 1. The lowest BCUT2D eigenvalue weighted by Crippen LogP contribution is -2.19. The van der Waals surface area contributed by atoms with Gasteiger partial charge < -0.3 is 23.5 Å². The van der Waals surface area contributed by atoms with Gasteiger partial charge in [-0.2, -0.15) is 4.99 Å². The summed E-state index contributed by atoms with van der Waals surface area (Å²) in [7, 11) is 1.66. The minimum absolute atomic E-state index is 0.369. The molecule has 7 nitrogen and oxygen atoms in total. The molecule has 0 bridgehead atoms. The highest BCUT2D eigenvalue weighted by atomic mass is 32.1. The fraction of sp³-hybridized carbons (Fsp3) is 0.440. The van der Waals surface area contributed by atoms with Crippen molar-refractivity contribution in [2.75, 3.05) is 33.5 Å². The SMILES string of the molecule is CCOc1cc(C(=O)N=c2sc3cc(C)c(C)cc3n2CCOC)cc(OCC)c1OCC. The zero-order chi connectivity index (χ0) is 24.0. The van der Waals surface area contributed by atoms with E-state index in [0.717, 1.165) is 10.2 Å². The van der Waals surface area contributed by atoms with Crippen LogP contribution in [0.1, 0.15) is 42.3 Å². The first-order valence-corrected chi connectivity index (χ1v) is 12.0. The lowest BCUT2D eigenvalue weighted by atomic mass is 10.1. The first kappa shape index (κ1) is 24.8. The maximum Gasteiger partial charge on any atom is 0.279 e. The molecule has 3 aromatic rings. The monoisotopic (exact) mass is 472 g/mol. The van der Waals surface area contributed by atoms with E-state index in [-0.39, 0.29) is 5.91 Å². The molecule has 8 heteroatoms. The molecular formula is C25H32N2O5S. The van der Waals surface area contributed by atoms with Crippen LogP contribution in [0.5, 0.6) is 17.2 Å². The summed E-state index contributed by atoms with van der Waals surface area (Å²) in [6, 6.07) is 7.62. The number of benzene rings is 2. The van der Waals surface area contributed by atoms with Gasteiger partial charge in [-0.25, -0.2) is 0 Å². The number of fused-ring (bicyclic) bond motifs is 1. The predicted molar refractivity (Wildman–Crippen MR) is 131 cm³/mol. The zero-order valence-electron chi connectivity index (χ0n) is 20.2. The maximum atomic E-state index is 13.3. The Morgan fingerprint density at radius 1 is 0.939 bits per heavy atom. The Bertz CT molecular complexity index is 1170. The third kappa shape index (κ3) is 5.57. The number of nitrogens with zero attached hydrogens (tertiary/aromatic N) is 2. The van der Waals surface area contributed by atoms with Crippen molar-refractivity contribution in [2.24, 2.45) is 4.99 Å². The second-order valence-corrected chi connectivity index (χ2v) is 8.46. The summed E-state index contributed by atoms with van der Waals surface area (Å²) >= 11 is 1.49. The molecule has 33 heavy (non-hydrogen) atoms. The number of carbonyl (C=O) groups is 1. The Kier molecular flexibility index (Phi) is 8.52. The molecule has 0 N–H and O–H groups in total. The summed E-state index contributed by atoms with van der Waals surface area (Å²) in [5.41, 5.74) is 3.82. The van der Waals surface area contributed by atoms with Crippen LogP contribution in [0, 0.1) is 13.8 Å². The number of aromatic nitrogens is 1. The second-order valence-electron chi connectivity index (χ2n) is 7.45. The van der Waals surface area contributed by atoms with Crippen molar-refractivity contribution in [3.05, 3.63) is 45.8 Å². The van der Waals surface area contributed by atoms with Crippen LogP contribution in [0.15, 0.2) is 29.3 Å². The van der Waals surface area contributed by atoms with Gasteiger partial charge in [0, 0.05) is 19.2 Å². The van der Waals surface area contributed by atoms with E-state index in [9.17, 15) is 4.79 Å². The topological polar surface area (TPSA) is 71.3 Å².